The van der Waals surface area contributed by atoms with Crippen LogP contribution in [0.2, 0.25) is 5.02 Å². The predicted molar refractivity (Wildman–Crippen MR) is 141 cm³/mol. The molecule has 13 heteroatoms. The van der Waals surface area contributed by atoms with Crippen molar-refractivity contribution >= 4 is 40.0 Å². The van der Waals surface area contributed by atoms with E-state index in [1.807, 2.05) is 24.3 Å². The molecule has 39 heavy (non-hydrogen) atoms. The highest BCUT2D eigenvalue weighted by Crippen LogP contribution is 2.30. The zero-order chi connectivity index (χ0) is 26.9. The number of carbonyl (C=O) groups excluding carboxylic acids is 2. The second-order valence-electron chi connectivity index (χ2n) is 9.07. The van der Waals surface area contributed by atoms with Gasteiger partial charge in [0.2, 0.25) is 11.8 Å². The first-order chi connectivity index (χ1) is 19.0. The fraction of sp³-hybridized carbons (Fsp3) is 0.192. The van der Waals surface area contributed by atoms with E-state index in [2.05, 4.69) is 30.7 Å². The minimum absolute atomic E-state index is 0.111. The Bertz CT molecular complexity index is 1660. The number of amides is 2. The van der Waals surface area contributed by atoms with Crippen LogP contribution in [0.25, 0.3) is 27.7 Å². The number of nitrogens with zero attached hydrogens (tertiary/aromatic N) is 8. The zero-order valence-corrected chi connectivity index (χ0v) is 21.1. The molecule has 0 saturated carbocycles. The molecular formula is C26H21ClFN9O2. The second-order valence-corrected chi connectivity index (χ2v) is 9.47. The van der Waals surface area contributed by atoms with Crippen LogP contribution >= 0.6 is 11.6 Å². The molecule has 4 heterocycles. The number of carbonyl (C=O) groups is 2. The smallest absolute Gasteiger partial charge is 0.247 e. The number of fused-ring (bicyclic) bond motifs is 1. The van der Waals surface area contributed by atoms with E-state index in [9.17, 15) is 14.0 Å². The molecule has 1 N–H and O–H groups in total. The number of para-hydroxylation sites is 1. The molecule has 1 aliphatic rings. The molecule has 2 aromatic carbocycles. The number of alkyl halides is 1. The predicted octanol–water partition coefficient (Wildman–Crippen LogP) is 3.31. The standard InChI is InChI=1S/C26H21ClFN9O2/c27-20-2-1-3-21(25(20)37-15-29-14-33-37)34-26(39)23-9-19(28)12-35(23)24(38)13-36-22-5-4-16(8-18(22)11-32-36)17-6-7-30-31-10-17/h1-8,10-11,14-15,19,23H,9,12-13H2,(H,34,39)/t19-,23+/m1/s1. The number of rotatable bonds is 6. The van der Waals surface area contributed by atoms with Crippen LogP contribution in [0, 0.1) is 0 Å². The van der Waals surface area contributed by atoms with Gasteiger partial charge in [0.25, 0.3) is 0 Å². The molecule has 3 aromatic heterocycles. The van der Waals surface area contributed by atoms with E-state index in [-0.39, 0.29) is 19.5 Å². The molecule has 1 saturated heterocycles. The molecule has 0 radical (unpaired) electrons. The summed E-state index contributed by atoms with van der Waals surface area (Å²) in [6, 6.07) is 11.6. The summed E-state index contributed by atoms with van der Waals surface area (Å²) in [4.78, 5) is 31.8. The normalized spacial score (nSPS) is 17.0. The molecule has 0 bridgehead atoms. The van der Waals surface area contributed by atoms with Crippen molar-refractivity contribution in [1.29, 1.82) is 0 Å². The number of halogens is 2. The maximum absolute atomic E-state index is 14.5. The van der Waals surface area contributed by atoms with Crippen LogP contribution < -0.4 is 5.32 Å². The maximum Gasteiger partial charge on any atom is 0.247 e. The molecule has 0 aliphatic carbocycles. The highest BCUT2D eigenvalue weighted by Gasteiger charge is 2.40. The van der Waals surface area contributed by atoms with Crippen LogP contribution in [-0.4, -0.2) is 70.2 Å². The third kappa shape index (κ3) is 4.81. The molecular weight excluding hydrogens is 525 g/mol. The SMILES string of the molecule is O=C(Nc1cccc(Cl)c1-n1cncn1)[C@@H]1C[C@@H](F)CN1C(=O)Cn1ncc2cc(-c3ccnnc3)ccc21. The minimum atomic E-state index is -1.33. The molecule has 1 fully saturated rings. The van der Waals surface area contributed by atoms with Gasteiger partial charge in [0.05, 0.1) is 41.4 Å². The van der Waals surface area contributed by atoms with Gasteiger partial charge in [-0.25, -0.2) is 14.1 Å². The van der Waals surface area contributed by atoms with Crippen molar-refractivity contribution in [3.63, 3.8) is 0 Å². The van der Waals surface area contributed by atoms with Crippen LogP contribution in [-0.2, 0) is 16.1 Å². The summed E-state index contributed by atoms with van der Waals surface area (Å²) in [5.74, 6) is -0.932. The highest BCUT2D eigenvalue weighted by atomic mass is 35.5. The summed E-state index contributed by atoms with van der Waals surface area (Å²) in [5, 5.41) is 20.1. The Morgan fingerprint density at radius 3 is 2.77 bits per heavy atom. The second kappa shape index (κ2) is 10.2. The average molecular weight is 546 g/mol. The van der Waals surface area contributed by atoms with Crippen molar-refractivity contribution in [1.82, 2.24) is 39.6 Å². The first-order valence-corrected chi connectivity index (χ1v) is 12.5. The van der Waals surface area contributed by atoms with Crippen molar-refractivity contribution < 1.29 is 14.0 Å². The van der Waals surface area contributed by atoms with Gasteiger partial charge < -0.3 is 10.2 Å². The quantitative estimate of drug-likeness (QED) is 0.347. The summed E-state index contributed by atoms with van der Waals surface area (Å²) in [7, 11) is 0. The van der Waals surface area contributed by atoms with Crippen LogP contribution in [0.15, 0.2) is 73.7 Å². The van der Waals surface area contributed by atoms with E-state index in [1.165, 1.54) is 22.2 Å². The van der Waals surface area contributed by atoms with Crippen molar-refractivity contribution in [3.05, 3.63) is 78.7 Å². The first-order valence-electron chi connectivity index (χ1n) is 12.1. The number of benzene rings is 2. The van der Waals surface area contributed by atoms with Crippen LogP contribution in [0.3, 0.4) is 0 Å². The molecule has 0 spiro atoms. The van der Waals surface area contributed by atoms with Gasteiger partial charge >= 0.3 is 0 Å². The lowest BCUT2D eigenvalue weighted by atomic mass is 10.1. The van der Waals surface area contributed by atoms with Gasteiger partial charge in [-0.3, -0.25) is 14.3 Å². The Morgan fingerprint density at radius 2 is 1.97 bits per heavy atom. The molecule has 0 unspecified atom stereocenters. The van der Waals surface area contributed by atoms with Gasteiger partial charge in [-0.05, 0) is 35.9 Å². The van der Waals surface area contributed by atoms with Gasteiger partial charge in [0.15, 0.2) is 0 Å². The van der Waals surface area contributed by atoms with Crippen molar-refractivity contribution in [2.24, 2.45) is 0 Å². The first kappa shape index (κ1) is 24.6. The lowest BCUT2D eigenvalue weighted by Crippen LogP contribution is -2.44. The van der Waals surface area contributed by atoms with E-state index in [0.29, 0.717) is 16.4 Å². The lowest BCUT2D eigenvalue weighted by Gasteiger charge is -2.24. The van der Waals surface area contributed by atoms with Crippen molar-refractivity contribution in [2.45, 2.75) is 25.2 Å². The van der Waals surface area contributed by atoms with Gasteiger partial charge in [-0.15, -0.1) is 0 Å². The molecule has 11 nitrogen and oxygen atoms in total. The maximum atomic E-state index is 14.5. The van der Waals surface area contributed by atoms with Gasteiger partial charge in [-0.1, -0.05) is 23.7 Å². The average Bonchev–Trinajstić information content (AvgIpc) is 3.70. The van der Waals surface area contributed by atoms with E-state index >= 15 is 0 Å². The Labute approximate surface area is 226 Å². The Balaban J connectivity index is 1.21. The highest BCUT2D eigenvalue weighted by molar-refractivity contribution is 6.33. The zero-order valence-electron chi connectivity index (χ0n) is 20.4. The Morgan fingerprint density at radius 1 is 1.08 bits per heavy atom. The molecule has 196 valence electrons. The van der Waals surface area contributed by atoms with Gasteiger partial charge in [0.1, 0.15) is 37.1 Å². The van der Waals surface area contributed by atoms with Crippen LogP contribution in [0.4, 0.5) is 10.1 Å². The van der Waals surface area contributed by atoms with Crippen LogP contribution in [0.5, 0.6) is 0 Å². The van der Waals surface area contributed by atoms with E-state index in [1.54, 1.807) is 41.5 Å². The Hall–Kier alpha value is -4.71. The summed E-state index contributed by atoms with van der Waals surface area (Å²) < 4.78 is 17.5. The number of likely N-dealkylation sites (tertiary alicyclic amines) is 1. The molecule has 2 atom stereocenters. The molecule has 5 aromatic rings. The third-order valence-corrected chi connectivity index (χ3v) is 6.91. The lowest BCUT2D eigenvalue weighted by molar-refractivity contribution is -0.137. The minimum Gasteiger partial charge on any atom is -0.326 e. The summed E-state index contributed by atoms with van der Waals surface area (Å²) >= 11 is 6.36. The fourth-order valence-electron chi connectivity index (χ4n) is 4.77. The van der Waals surface area contributed by atoms with E-state index < -0.39 is 24.0 Å². The van der Waals surface area contributed by atoms with Gasteiger partial charge in [0, 0.05) is 17.4 Å². The molecule has 2 amide bonds. The number of nitrogens with one attached hydrogen (secondary N) is 1. The van der Waals surface area contributed by atoms with Gasteiger partial charge in [-0.2, -0.15) is 20.4 Å². The number of hydrogen-bond acceptors (Lipinski definition) is 7. The van der Waals surface area contributed by atoms with E-state index in [0.717, 1.165) is 22.0 Å². The summed E-state index contributed by atoms with van der Waals surface area (Å²) in [6.45, 7) is -0.321. The fourth-order valence-corrected chi connectivity index (χ4v) is 5.03. The summed E-state index contributed by atoms with van der Waals surface area (Å²) in [6.07, 6.45) is 6.30. The largest absolute Gasteiger partial charge is 0.326 e. The van der Waals surface area contributed by atoms with Crippen LogP contribution in [0.1, 0.15) is 6.42 Å². The monoisotopic (exact) mass is 545 g/mol. The number of aromatic nitrogens is 7. The topological polar surface area (TPSA) is 124 Å². The number of hydrogen-bond donors (Lipinski definition) is 1. The van der Waals surface area contributed by atoms with E-state index in [4.69, 9.17) is 11.6 Å². The Kier molecular flexibility index (Phi) is 6.45. The van der Waals surface area contributed by atoms with Crippen molar-refractivity contribution in [3.8, 4) is 16.8 Å². The van der Waals surface area contributed by atoms with Crippen molar-refractivity contribution in [2.75, 3.05) is 11.9 Å². The third-order valence-electron chi connectivity index (χ3n) is 6.61. The molecule has 6 rings (SSSR count). The number of anilines is 1. The molecule has 1 aliphatic heterocycles. The summed E-state index contributed by atoms with van der Waals surface area (Å²) in [5.41, 5.74) is 3.37.